The predicted octanol–water partition coefficient (Wildman–Crippen LogP) is -0.556. The molecule has 4 N–H and O–H groups in total. The van der Waals surface area contributed by atoms with E-state index in [9.17, 15) is 27.0 Å². The van der Waals surface area contributed by atoms with Gasteiger partial charge in [0.2, 0.25) is 10.9 Å². The average Bonchev–Trinajstić information content (AvgIpc) is 2.25. The Kier molecular flexibility index (Phi) is 4.10. The fraction of sp³-hybridized carbons (Fsp3) is 0.250. The summed E-state index contributed by atoms with van der Waals surface area (Å²) in [6.45, 7) is 0. The van der Waals surface area contributed by atoms with Crippen molar-refractivity contribution in [2.75, 3.05) is 0 Å². The fourth-order valence-corrected chi connectivity index (χ4v) is 2.17. The van der Waals surface area contributed by atoms with Crippen LogP contribution in [0.1, 0.15) is 22.0 Å². The van der Waals surface area contributed by atoms with Gasteiger partial charge in [0.1, 0.15) is 0 Å². The van der Waals surface area contributed by atoms with E-state index >= 15 is 0 Å². The maximum atomic E-state index is 10.6. The Morgan fingerprint density at radius 3 is 1.11 bits per heavy atom. The third kappa shape index (κ3) is 3.48. The van der Waals surface area contributed by atoms with E-state index in [2.05, 4.69) is 0 Å². The van der Waals surface area contributed by atoms with E-state index in [-0.39, 0.29) is 11.1 Å². The number of hydrogen-bond acceptors (Lipinski definition) is 6. The lowest BCUT2D eigenvalue weighted by atomic mass is 10.1. The number of hydrogen-bond donors (Lipinski definition) is 4. The van der Waals surface area contributed by atoms with Crippen LogP contribution in [0.3, 0.4) is 0 Å². The number of aliphatic hydroxyl groups excluding tert-OH is 2. The van der Waals surface area contributed by atoms with Gasteiger partial charge in [-0.15, -0.1) is 0 Å². The number of aliphatic hydroxyl groups is 2. The topological polar surface area (TPSA) is 149 Å². The molecule has 1 rings (SSSR count). The van der Waals surface area contributed by atoms with Gasteiger partial charge in [-0.1, -0.05) is 24.3 Å². The molecule has 0 aliphatic carbocycles. The lowest BCUT2D eigenvalue weighted by Gasteiger charge is -2.10. The molecular weight excluding hydrogens is 288 g/mol. The second kappa shape index (κ2) is 4.91. The van der Waals surface area contributed by atoms with Gasteiger partial charge in [0.05, 0.1) is 0 Å². The molecule has 0 heterocycles. The molecule has 0 aromatic heterocycles. The largest absolute Gasteiger partial charge is 0.371 e. The van der Waals surface area contributed by atoms with Crippen molar-refractivity contribution in [1.82, 2.24) is 0 Å². The molecule has 0 unspecified atom stereocenters. The van der Waals surface area contributed by atoms with E-state index in [1.165, 1.54) is 0 Å². The zero-order valence-corrected chi connectivity index (χ0v) is 10.3. The standard InChI is InChI=1S/C8H10O8S2/c9-7(17(11,12)13)5-1-2-6(4-3-5)8(10)18(14,15)16/h1-4,7-10H,(H,11,12,13)(H,14,15,16)/t7-,8+. The Labute approximate surface area is 103 Å². The van der Waals surface area contributed by atoms with Gasteiger partial charge >= 0.3 is 0 Å². The highest BCUT2D eigenvalue weighted by Crippen LogP contribution is 2.23. The Hall–Kier alpha value is -1.04. The second-order valence-electron chi connectivity index (χ2n) is 3.40. The first kappa shape index (κ1) is 15.0. The minimum Gasteiger partial charge on any atom is -0.371 e. The van der Waals surface area contributed by atoms with Gasteiger partial charge in [-0.2, -0.15) is 16.8 Å². The molecule has 0 fully saturated rings. The molecule has 102 valence electrons. The zero-order valence-electron chi connectivity index (χ0n) is 8.70. The molecule has 0 radical (unpaired) electrons. The molecule has 1 aromatic rings. The van der Waals surface area contributed by atoms with Gasteiger partial charge in [0.25, 0.3) is 20.2 Å². The molecule has 0 aliphatic heterocycles. The molecule has 0 saturated heterocycles. The van der Waals surface area contributed by atoms with Gasteiger partial charge in [-0.25, -0.2) is 0 Å². The average molecular weight is 298 g/mol. The SMILES string of the molecule is O=S(=O)(O)[C@H](O)c1ccc([C@H](O)S(=O)(=O)O)cc1. The summed E-state index contributed by atoms with van der Waals surface area (Å²) >= 11 is 0. The molecule has 1 aromatic carbocycles. The van der Waals surface area contributed by atoms with Crippen LogP contribution in [0.25, 0.3) is 0 Å². The normalized spacial score (nSPS) is 16.2. The van der Waals surface area contributed by atoms with E-state index in [1.807, 2.05) is 0 Å². The Bertz CT molecular complexity index is 559. The van der Waals surface area contributed by atoms with Crippen molar-refractivity contribution in [3.8, 4) is 0 Å². The van der Waals surface area contributed by atoms with Crippen LogP contribution in [-0.2, 0) is 20.2 Å². The van der Waals surface area contributed by atoms with E-state index in [4.69, 9.17) is 9.11 Å². The summed E-state index contributed by atoms with van der Waals surface area (Å²) in [5.74, 6) is 0. The first-order valence-electron chi connectivity index (χ1n) is 4.42. The van der Waals surface area contributed by atoms with Crippen molar-refractivity contribution >= 4 is 20.2 Å². The van der Waals surface area contributed by atoms with Gasteiger partial charge in [-0.05, 0) is 11.1 Å². The van der Waals surface area contributed by atoms with E-state index in [0.717, 1.165) is 24.3 Å². The second-order valence-corrected chi connectivity index (χ2v) is 6.35. The Morgan fingerprint density at radius 2 is 0.944 bits per heavy atom. The quantitative estimate of drug-likeness (QED) is 0.540. The third-order valence-corrected chi connectivity index (χ3v) is 3.74. The predicted molar refractivity (Wildman–Crippen MR) is 59.5 cm³/mol. The first-order chi connectivity index (χ1) is 8.03. The summed E-state index contributed by atoms with van der Waals surface area (Å²) in [5.41, 5.74) is -4.78. The molecule has 0 amide bonds. The molecular formula is C8H10O8S2. The highest BCUT2D eigenvalue weighted by molar-refractivity contribution is 7.86. The van der Waals surface area contributed by atoms with E-state index in [0.29, 0.717) is 0 Å². The minimum absolute atomic E-state index is 0.219. The highest BCUT2D eigenvalue weighted by Gasteiger charge is 2.24. The van der Waals surface area contributed by atoms with Gasteiger partial charge in [0.15, 0.2) is 0 Å². The summed E-state index contributed by atoms with van der Waals surface area (Å²) in [7, 11) is -9.38. The van der Waals surface area contributed by atoms with Crippen LogP contribution in [-0.4, -0.2) is 36.2 Å². The fourth-order valence-electron chi connectivity index (χ4n) is 1.17. The summed E-state index contributed by atoms with van der Waals surface area (Å²) in [5, 5.41) is 18.4. The van der Waals surface area contributed by atoms with Gasteiger partial charge in [-0.3, -0.25) is 9.11 Å². The summed E-state index contributed by atoms with van der Waals surface area (Å²) in [4.78, 5) is 0. The zero-order chi connectivity index (χ0) is 14.1. The summed E-state index contributed by atoms with van der Waals surface area (Å²) < 4.78 is 59.7. The van der Waals surface area contributed by atoms with Gasteiger partial charge < -0.3 is 10.2 Å². The molecule has 0 bridgehead atoms. The van der Waals surface area contributed by atoms with Crippen LogP contribution in [0, 0.1) is 0 Å². The Morgan fingerprint density at radius 1 is 0.722 bits per heavy atom. The van der Waals surface area contributed by atoms with E-state index < -0.39 is 31.1 Å². The summed E-state index contributed by atoms with van der Waals surface area (Å²) in [6, 6.07) is 3.95. The molecule has 0 aliphatic rings. The molecule has 10 heteroatoms. The van der Waals surface area contributed by atoms with Crippen LogP contribution in [0.15, 0.2) is 24.3 Å². The number of benzene rings is 1. The number of rotatable bonds is 4. The molecule has 0 saturated carbocycles. The van der Waals surface area contributed by atoms with Crippen molar-refractivity contribution in [3.63, 3.8) is 0 Å². The lowest BCUT2D eigenvalue weighted by molar-refractivity contribution is 0.235. The highest BCUT2D eigenvalue weighted by atomic mass is 32.2. The maximum absolute atomic E-state index is 10.6. The summed E-state index contributed by atoms with van der Waals surface area (Å²) in [6.07, 6.45) is 0. The monoisotopic (exact) mass is 298 g/mol. The van der Waals surface area contributed by atoms with Crippen molar-refractivity contribution in [2.45, 2.75) is 10.9 Å². The van der Waals surface area contributed by atoms with Crippen molar-refractivity contribution in [1.29, 1.82) is 0 Å². The van der Waals surface area contributed by atoms with Crippen molar-refractivity contribution < 1.29 is 36.2 Å². The molecule has 8 nitrogen and oxygen atoms in total. The van der Waals surface area contributed by atoms with Crippen LogP contribution < -0.4 is 0 Å². The molecule has 2 atom stereocenters. The molecule has 0 spiro atoms. The van der Waals surface area contributed by atoms with Gasteiger partial charge in [0, 0.05) is 0 Å². The lowest BCUT2D eigenvalue weighted by Crippen LogP contribution is -2.13. The minimum atomic E-state index is -4.69. The van der Waals surface area contributed by atoms with E-state index in [1.54, 1.807) is 0 Å². The Balaban J connectivity index is 3.08. The third-order valence-electron chi connectivity index (χ3n) is 2.07. The van der Waals surface area contributed by atoms with Crippen LogP contribution in [0.4, 0.5) is 0 Å². The first-order valence-corrected chi connectivity index (χ1v) is 7.42. The maximum Gasteiger partial charge on any atom is 0.296 e. The van der Waals surface area contributed by atoms with Crippen molar-refractivity contribution in [2.24, 2.45) is 0 Å². The van der Waals surface area contributed by atoms with Crippen LogP contribution in [0.5, 0.6) is 0 Å². The smallest absolute Gasteiger partial charge is 0.296 e. The molecule has 18 heavy (non-hydrogen) atoms. The van der Waals surface area contributed by atoms with Crippen molar-refractivity contribution in [3.05, 3.63) is 35.4 Å². The van der Waals surface area contributed by atoms with Crippen LogP contribution >= 0.6 is 0 Å². The van der Waals surface area contributed by atoms with Crippen LogP contribution in [0.2, 0.25) is 0 Å².